The first-order valence-corrected chi connectivity index (χ1v) is 39.6. The Bertz CT molecular complexity index is 7770. The van der Waals surface area contributed by atoms with Crippen LogP contribution in [-0.4, -0.2) is 53.7 Å². The normalized spacial score (nSPS) is 11.7. The zero-order chi connectivity index (χ0) is 77.7. The van der Waals surface area contributed by atoms with Gasteiger partial charge in [0.25, 0.3) is 0 Å². The van der Waals surface area contributed by atoms with E-state index in [4.69, 9.17) is 39.9 Å². The van der Waals surface area contributed by atoms with Gasteiger partial charge in [0, 0.05) is 118 Å². The second kappa shape index (κ2) is 27.9. The van der Waals surface area contributed by atoms with Crippen molar-refractivity contribution in [3.05, 3.63) is 395 Å². The van der Waals surface area contributed by atoms with Crippen LogP contribution >= 0.6 is 0 Å². The number of para-hydroxylation sites is 1. The second-order valence-electron chi connectivity index (χ2n) is 30.0. The molecule has 0 unspecified atom stereocenters. The molecule has 0 N–H and O–H groups in total. The molecular weight excluding hydrogens is 1440 g/mol. The first kappa shape index (κ1) is 67.6. The average molecular weight is 1500 g/mol. The highest BCUT2D eigenvalue weighted by Crippen LogP contribution is 2.48. The minimum Gasteiger partial charge on any atom is -0.308 e. The summed E-state index contributed by atoms with van der Waals surface area (Å²) < 4.78 is 4.92. The number of aromatic nitrogens is 11. The molecule has 11 heteroatoms. The molecule has 11 nitrogen and oxygen atoms in total. The molecule has 0 radical (unpaired) electrons. The number of hydrogen-bond donors (Lipinski definition) is 0. The summed E-state index contributed by atoms with van der Waals surface area (Å²) in [7, 11) is 0. The molecule has 548 valence electrons. The quantitative estimate of drug-likeness (QED) is 0.0868. The van der Waals surface area contributed by atoms with E-state index >= 15 is 0 Å². The Hall–Kier alpha value is -16.1. The van der Waals surface area contributed by atoms with Gasteiger partial charge in [0.1, 0.15) is 0 Å². The lowest BCUT2D eigenvalue weighted by Crippen LogP contribution is -1.96. The molecular formula is C107H65N11. The van der Waals surface area contributed by atoms with Crippen molar-refractivity contribution in [1.29, 1.82) is 0 Å². The van der Waals surface area contributed by atoms with Crippen molar-refractivity contribution in [2.24, 2.45) is 0 Å². The summed E-state index contributed by atoms with van der Waals surface area (Å²) in [6.45, 7) is 0. The van der Waals surface area contributed by atoms with E-state index < -0.39 is 0 Å². The molecule has 0 fully saturated rings. The largest absolute Gasteiger partial charge is 0.308 e. The van der Waals surface area contributed by atoms with Crippen molar-refractivity contribution in [1.82, 2.24) is 53.7 Å². The van der Waals surface area contributed by atoms with Crippen LogP contribution in [-0.2, 0) is 0 Å². The number of nitrogens with zero attached hydrogens (tertiary/aromatic N) is 11. The van der Waals surface area contributed by atoms with E-state index in [0.717, 1.165) is 146 Å². The third-order valence-corrected chi connectivity index (χ3v) is 23.0. The van der Waals surface area contributed by atoms with Crippen LogP contribution in [0.15, 0.2) is 395 Å². The molecule has 0 bridgehead atoms. The number of fused-ring (bicyclic) bond motifs is 10. The van der Waals surface area contributed by atoms with Crippen LogP contribution in [0.25, 0.3) is 233 Å². The Morgan fingerprint density at radius 3 is 1.06 bits per heavy atom. The average Bonchev–Trinajstić information content (AvgIpc) is 1.52. The van der Waals surface area contributed by atoms with Gasteiger partial charge in [-0.1, -0.05) is 231 Å². The molecule has 12 heterocycles. The molecule has 0 aliphatic carbocycles. The second-order valence-corrected chi connectivity index (χ2v) is 30.0. The predicted molar refractivity (Wildman–Crippen MR) is 483 cm³/mol. The summed E-state index contributed by atoms with van der Waals surface area (Å²) in [6, 6.07) is 130. The van der Waals surface area contributed by atoms with E-state index in [9.17, 15) is 0 Å². The van der Waals surface area contributed by atoms with E-state index in [1.807, 2.05) is 116 Å². The summed E-state index contributed by atoms with van der Waals surface area (Å²) in [6.07, 6.45) is 7.27. The van der Waals surface area contributed by atoms with Crippen molar-refractivity contribution >= 4 is 97.7 Å². The maximum atomic E-state index is 5.30. The Balaban J connectivity index is 0.000000138. The molecule has 0 saturated carbocycles. The van der Waals surface area contributed by atoms with Crippen LogP contribution < -0.4 is 0 Å². The van der Waals surface area contributed by atoms with Crippen LogP contribution in [0.2, 0.25) is 0 Å². The molecule has 0 saturated heterocycles. The molecule has 0 aliphatic heterocycles. The van der Waals surface area contributed by atoms with Crippen LogP contribution in [0.3, 0.4) is 0 Å². The van der Waals surface area contributed by atoms with Crippen molar-refractivity contribution < 1.29 is 0 Å². The van der Waals surface area contributed by atoms with Crippen LogP contribution in [0.1, 0.15) is 0 Å². The van der Waals surface area contributed by atoms with Crippen molar-refractivity contribution in [3.8, 4) is 135 Å². The van der Waals surface area contributed by atoms with Gasteiger partial charge in [0.15, 0.2) is 5.82 Å². The Kier molecular flexibility index (Phi) is 16.0. The Morgan fingerprint density at radius 2 is 0.525 bits per heavy atom. The maximum Gasteiger partial charge on any atom is 0.160 e. The molecule has 24 aromatic rings. The summed E-state index contributed by atoms with van der Waals surface area (Å²) in [5.74, 6) is 0.712. The fourth-order valence-corrected chi connectivity index (χ4v) is 17.7. The first-order valence-electron chi connectivity index (χ1n) is 39.6. The van der Waals surface area contributed by atoms with Gasteiger partial charge in [-0.15, -0.1) is 0 Å². The number of hydrogen-bond acceptors (Lipinski definition) is 9. The minimum atomic E-state index is 0.712. The number of pyridine rings is 9. The number of rotatable bonds is 12. The van der Waals surface area contributed by atoms with Crippen molar-refractivity contribution in [2.45, 2.75) is 0 Å². The van der Waals surface area contributed by atoms with Gasteiger partial charge in [-0.25, -0.2) is 24.9 Å². The van der Waals surface area contributed by atoms with E-state index in [0.29, 0.717) is 5.82 Å². The lowest BCUT2D eigenvalue weighted by molar-refractivity contribution is 1.18. The number of benzene rings is 12. The van der Waals surface area contributed by atoms with E-state index in [1.165, 1.54) is 81.6 Å². The predicted octanol–water partition coefficient (Wildman–Crippen LogP) is 26.5. The maximum absolute atomic E-state index is 5.30. The van der Waals surface area contributed by atoms with E-state index in [1.54, 1.807) is 6.20 Å². The minimum absolute atomic E-state index is 0.712. The van der Waals surface area contributed by atoms with Gasteiger partial charge >= 0.3 is 0 Å². The molecule has 0 atom stereocenters. The standard InChI is InChI=1S/C55H34N4.C52H31N7/c1-5-15-35(16-6-1)47-32-40(33-48(56-47)36-17-7-2-8-18-36)41-28-30-52-53-42(41)23-13-24-43(53)44-25-14-26-45-46-31-39(27-29-51(46)59(52)54(44)45)50-34-49(37-19-9-3-10-20-37)57-55(58-50)38-21-11-4-12-22-38;1-5-21-53-41(14-1)35-28-45(57-47(30-35)43-16-3-7-23-55-43)33-19-20-49-38(25-33)40-27-34(26-39-37-13-9-11-32-12-10-18-50(51(32)37)59(49)52(39)40)46-29-36(42-15-2-6-22-54-42)31-48(58-46)44-17-4-8-24-56-44/h1-34H;1-31H. The lowest BCUT2D eigenvalue weighted by atomic mass is 9.92. The van der Waals surface area contributed by atoms with E-state index in [-0.39, 0.29) is 0 Å². The summed E-state index contributed by atoms with van der Waals surface area (Å²) in [4.78, 5) is 44.7. The van der Waals surface area contributed by atoms with Gasteiger partial charge in [-0.2, -0.15) is 0 Å². The smallest absolute Gasteiger partial charge is 0.160 e. The molecule has 24 rings (SSSR count). The topological polar surface area (TPSA) is 125 Å². The summed E-state index contributed by atoms with van der Waals surface area (Å²) >= 11 is 0. The molecule has 0 amide bonds. The third-order valence-electron chi connectivity index (χ3n) is 23.0. The molecule has 0 spiro atoms. The van der Waals surface area contributed by atoms with Crippen LogP contribution in [0.5, 0.6) is 0 Å². The molecule has 118 heavy (non-hydrogen) atoms. The Labute approximate surface area is 677 Å². The molecule has 12 aromatic carbocycles. The van der Waals surface area contributed by atoms with Gasteiger partial charge in [-0.3, -0.25) is 19.9 Å². The van der Waals surface area contributed by atoms with Crippen LogP contribution in [0.4, 0.5) is 0 Å². The van der Waals surface area contributed by atoms with Gasteiger partial charge in [-0.05, 0) is 172 Å². The zero-order valence-corrected chi connectivity index (χ0v) is 63.4. The van der Waals surface area contributed by atoms with Crippen molar-refractivity contribution in [2.75, 3.05) is 0 Å². The zero-order valence-electron chi connectivity index (χ0n) is 63.4. The molecule has 12 aromatic heterocycles. The SMILES string of the molecule is c1ccc(-c2cc(-c3ccc4c(c3)c3cc(-c5cc(-c6ccccn6)cc(-c6ccccn6)n5)cc5c6cccc7cccc(c76)n4c53)nc(-c3ccccn3)c2)nc1.c1ccc(-c2cc(-c3ccc4c5c3cccc5c3cccc5c6cc(-c7cc(-c8ccccc8)nc(-c8ccccc8)n7)ccc6n4c35)cc(-c3ccccc3)n2)cc1. The highest BCUT2D eigenvalue weighted by atomic mass is 14.9. The fourth-order valence-electron chi connectivity index (χ4n) is 17.7. The van der Waals surface area contributed by atoms with Crippen LogP contribution in [0, 0.1) is 0 Å². The monoisotopic (exact) mass is 1500 g/mol. The lowest BCUT2D eigenvalue weighted by Gasteiger charge is -2.17. The third kappa shape index (κ3) is 11.5. The highest BCUT2D eigenvalue weighted by Gasteiger charge is 2.25. The summed E-state index contributed by atoms with van der Waals surface area (Å²) in [5.41, 5.74) is 29.0. The summed E-state index contributed by atoms with van der Waals surface area (Å²) in [5, 5.41) is 14.4. The van der Waals surface area contributed by atoms with Gasteiger partial charge < -0.3 is 8.80 Å². The highest BCUT2D eigenvalue weighted by molar-refractivity contribution is 6.30. The fraction of sp³-hybridized carbons (Fsp3) is 0. The Morgan fingerprint density at radius 1 is 0.169 bits per heavy atom. The van der Waals surface area contributed by atoms with Gasteiger partial charge in [0.05, 0.1) is 101 Å². The molecule has 0 aliphatic rings. The van der Waals surface area contributed by atoms with Gasteiger partial charge in [0.2, 0.25) is 0 Å². The first-order chi connectivity index (χ1) is 58.5. The van der Waals surface area contributed by atoms with Crippen molar-refractivity contribution in [3.63, 3.8) is 0 Å². The van der Waals surface area contributed by atoms with E-state index in [2.05, 4.69) is 287 Å².